The Balaban J connectivity index is 2.24. The summed E-state index contributed by atoms with van der Waals surface area (Å²) < 4.78 is 12.1. The van der Waals surface area contributed by atoms with E-state index in [-0.39, 0.29) is 5.41 Å². The molecule has 4 heteroatoms. The predicted octanol–water partition coefficient (Wildman–Crippen LogP) is 7.57. The highest BCUT2D eigenvalue weighted by atomic mass is 16.6. The average molecular weight is 473 g/mol. The quantitative estimate of drug-likeness (QED) is 0.250. The van der Waals surface area contributed by atoms with Crippen molar-refractivity contribution in [3.63, 3.8) is 0 Å². The minimum atomic E-state index is -0.473. The zero-order valence-corrected chi connectivity index (χ0v) is 21.7. The van der Waals surface area contributed by atoms with Gasteiger partial charge in [0.1, 0.15) is 0 Å². The first-order valence-corrected chi connectivity index (χ1v) is 12.4. The van der Waals surface area contributed by atoms with Crippen molar-refractivity contribution in [2.75, 3.05) is 0 Å². The maximum absolute atomic E-state index is 13.2. The lowest BCUT2D eigenvalue weighted by atomic mass is 9.79. The molecule has 0 amide bonds. The second-order valence-corrected chi connectivity index (χ2v) is 10.3. The van der Waals surface area contributed by atoms with Crippen LogP contribution < -0.4 is 9.47 Å². The van der Waals surface area contributed by atoms with E-state index in [1.54, 1.807) is 48.5 Å². The number of carbonyl (C=O) groups excluding carboxylic acids is 2. The van der Waals surface area contributed by atoms with Crippen molar-refractivity contribution in [2.24, 2.45) is 5.92 Å². The number of hydrogen-bond acceptors (Lipinski definition) is 4. The van der Waals surface area contributed by atoms with Gasteiger partial charge in [-0.3, -0.25) is 0 Å². The third-order valence-electron chi connectivity index (χ3n) is 5.76. The van der Waals surface area contributed by atoms with Crippen molar-refractivity contribution in [1.82, 2.24) is 0 Å². The van der Waals surface area contributed by atoms with E-state index >= 15 is 0 Å². The van der Waals surface area contributed by atoms with E-state index in [4.69, 9.17) is 9.47 Å². The van der Waals surface area contributed by atoms with Crippen LogP contribution in [-0.2, 0) is 18.3 Å². The van der Waals surface area contributed by atoms with Crippen LogP contribution in [0.5, 0.6) is 11.5 Å². The Morgan fingerprint density at radius 3 is 1.71 bits per heavy atom. The van der Waals surface area contributed by atoms with E-state index in [0.717, 1.165) is 23.1 Å². The molecule has 3 rings (SSSR count). The molecule has 4 nitrogen and oxygen atoms in total. The highest BCUT2D eigenvalue weighted by Gasteiger charge is 2.30. The Bertz CT molecular complexity index is 1160. The molecule has 184 valence electrons. The van der Waals surface area contributed by atoms with Crippen LogP contribution in [0.1, 0.15) is 85.4 Å². The number of benzene rings is 3. The fraction of sp³-hybridized carbons (Fsp3) is 0.355. The predicted molar refractivity (Wildman–Crippen MR) is 140 cm³/mol. The Labute approximate surface area is 209 Å². The molecule has 0 N–H and O–H groups in total. The first-order valence-electron chi connectivity index (χ1n) is 12.4. The van der Waals surface area contributed by atoms with Crippen molar-refractivity contribution in [3.05, 3.63) is 94.5 Å². The van der Waals surface area contributed by atoms with Crippen LogP contribution in [0.15, 0.2) is 66.7 Å². The monoisotopic (exact) mass is 472 g/mol. The summed E-state index contributed by atoms with van der Waals surface area (Å²) in [5, 5.41) is 0. The maximum Gasteiger partial charge on any atom is 0.343 e. The maximum atomic E-state index is 13.2. The van der Waals surface area contributed by atoms with E-state index in [1.165, 1.54) is 0 Å². The molecule has 0 radical (unpaired) electrons. The number of ether oxygens (including phenoxy) is 2. The summed E-state index contributed by atoms with van der Waals surface area (Å²) in [5.41, 5.74) is 3.58. The van der Waals surface area contributed by atoms with E-state index in [2.05, 4.69) is 47.6 Å². The SMILES string of the molecule is CCCc1cc(C(C)(C)C)c(CC(C)C)c(OC(=O)c2ccccc2)c1OC(=O)c1ccccc1. The third kappa shape index (κ3) is 6.60. The zero-order valence-electron chi connectivity index (χ0n) is 21.7. The second kappa shape index (κ2) is 11.4. The van der Waals surface area contributed by atoms with Gasteiger partial charge < -0.3 is 9.47 Å². The molecule has 0 unspecified atom stereocenters. The smallest absolute Gasteiger partial charge is 0.343 e. The fourth-order valence-corrected chi connectivity index (χ4v) is 4.14. The van der Waals surface area contributed by atoms with E-state index in [1.807, 2.05) is 12.1 Å². The lowest BCUT2D eigenvalue weighted by Gasteiger charge is -2.28. The van der Waals surface area contributed by atoms with Crippen LogP contribution in [0.25, 0.3) is 0 Å². The first-order chi connectivity index (χ1) is 16.6. The van der Waals surface area contributed by atoms with Crippen LogP contribution >= 0.6 is 0 Å². The molecule has 3 aromatic rings. The van der Waals surface area contributed by atoms with Gasteiger partial charge in [-0.15, -0.1) is 0 Å². The van der Waals surface area contributed by atoms with Crippen LogP contribution in [-0.4, -0.2) is 11.9 Å². The number of aryl methyl sites for hydroxylation is 1. The molecule has 0 heterocycles. The molecule has 0 aliphatic rings. The van der Waals surface area contributed by atoms with Gasteiger partial charge in [0.25, 0.3) is 0 Å². The molecule has 0 atom stereocenters. The molecule has 0 aliphatic heterocycles. The minimum absolute atomic E-state index is 0.192. The van der Waals surface area contributed by atoms with E-state index in [9.17, 15) is 9.59 Å². The molecular formula is C31H36O4. The summed E-state index contributed by atoms with van der Waals surface area (Å²) in [6, 6.07) is 19.9. The minimum Gasteiger partial charge on any atom is -0.419 e. The highest BCUT2D eigenvalue weighted by Crippen LogP contribution is 2.44. The topological polar surface area (TPSA) is 52.6 Å². The van der Waals surface area contributed by atoms with Crippen molar-refractivity contribution in [2.45, 2.75) is 66.2 Å². The van der Waals surface area contributed by atoms with Gasteiger partial charge in [-0.2, -0.15) is 0 Å². The van der Waals surface area contributed by atoms with Gasteiger partial charge in [0, 0.05) is 5.56 Å². The summed E-state index contributed by atoms with van der Waals surface area (Å²) >= 11 is 0. The summed E-state index contributed by atoms with van der Waals surface area (Å²) in [7, 11) is 0. The van der Waals surface area contributed by atoms with Crippen LogP contribution in [0.3, 0.4) is 0 Å². The molecule has 3 aromatic carbocycles. The van der Waals surface area contributed by atoms with Crippen LogP contribution in [0, 0.1) is 5.92 Å². The van der Waals surface area contributed by atoms with Gasteiger partial charge in [0.15, 0.2) is 11.5 Å². The summed E-state index contributed by atoms with van der Waals surface area (Å²) in [6.45, 7) is 12.8. The second-order valence-electron chi connectivity index (χ2n) is 10.3. The largest absolute Gasteiger partial charge is 0.419 e. The van der Waals surface area contributed by atoms with Gasteiger partial charge in [-0.05, 0) is 59.6 Å². The normalized spacial score (nSPS) is 11.4. The molecule has 0 saturated carbocycles. The highest BCUT2D eigenvalue weighted by molar-refractivity contribution is 5.93. The average Bonchev–Trinajstić information content (AvgIpc) is 2.82. The molecule has 0 saturated heterocycles. The van der Waals surface area contributed by atoms with Crippen molar-refractivity contribution >= 4 is 11.9 Å². The third-order valence-corrected chi connectivity index (χ3v) is 5.76. The summed E-state index contributed by atoms with van der Waals surface area (Å²) in [6.07, 6.45) is 2.24. The van der Waals surface area contributed by atoms with Crippen molar-refractivity contribution < 1.29 is 19.1 Å². The summed E-state index contributed by atoms with van der Waals surface area (Å²) in [5.74, 6) is 0.0569. The Hall–Kier alpha value is -3.40. The van der Waals surface area contributed by atoms with Crippen LogP contribution in [0.2, 0.25) is 0 Å². The van der Waals surface area contributed by atoms with Gasteiger partial charge in [0.2, 0.25) is 0 Å². The zero-order chi connectivity index (χ0) is 25.6. The van der Waals surface area contributed by atoms with Gasteiger partial charge in [-0.1, -0.05) is 90.4 Å². The Kier molecular flexibility index (Phi) is 8.50. The standard InChI is InChI=1S/C31H36O4/c1-7-14-24-20-26(31(4,5)6)25(19-21(2)3)28(35-30(33)23-17-12-9-13-18-23)27(24)34-29(32)22-15-10-8-11-16-22/h8-13,15-18,20-21H,7,14,19H2,1-6H3. The Morgan fingerprint density at radius 1 is 0.800 bits per heavy atom. The number of esters is 2. The number of rotatable bonds is 8. The summed E-state index contributed by atoms with van der Waals surface area (Å²) in [4.78, 5) is 26.4. The van der Waals surface area contributed by atoms with Crippen molar-refractivity contribution in [1.29, 1.82) is 0 Å². The molecular weight excluding hydrogens is 436 g/mol. The lowest BCUT2D eigenvalue weighted by molar-refractivity contribution is 0.0679. The van der Waals surface area contributed by atoms with Gasteiger partial charge >= 0.3 is 11.9 Å². The molecule has 0 aromatic heterocycles. The number of hydrogen-bond donors (Lipinski definition) is 0. The Morgan fingerprint density at radius 2 is 1.29 bits per heavy atom. The molecule has 0 spiro atoms. The molecule has 35 heavy (non-hydrogen) atoms. The lowest BCUT2D eigenvalue weighted by Crippen LogP contribution is -2.21. The van der Waals surface area contributed by atoms with Gasteiger partial charge in [-0.25, -0.2) is 9.59 Å². The molecule has 0 aliphatic carbocycles. The number of carbonyl (C=O) groups is 2. The molecule has 0 fully saturated rings. The van der Waals surface area contributed by atoms with Crippen molar-refractivity contribution in [3.8, 4) is 11.5 Å². The van der Waals surface area contributed by atoms with E-state index < -0.39 is 11.9 Å². The van der Waals surface area contributed by atoms with E-state index in [0.29, 0.717) is 41.4 Å². The first kappa shape index (κ1) is 26.2. The fourth-order valence-electron chi connectivity index (χ4n) is 4.14. The van der Waals surface area contributed by atoms with Crippen LogP contribution in [0.4, 0.5) is 0 Å². The molecule has 0 bridgehead atoms. The van der Waals surface area contributed by atoms with Gasteiger partial charge in [0.05, 0.1) is 11.1 Å².